The van der Waals surface area contributed by atoms with E-state index in [1.54, 1.807) is 6.92 Å². The van der Waals surface area contributed by atoms with Crippen molar-refractivity contribution < 1.29 is 9.59 Å². The number of H-pyrrole nitrogens is 1. The van der Waals surface area contributed by atoms with E-state index >= 15 is 0 Å². The van der Waals surface area contributed by atoms with Gasteiger partial charge in [0.05, 0.1) is 17.8 Å². The van der Waals surface area contributed by atoms with Crippen LogP contribution in [0.25, 0.3) is 0 Å². The minimum absolute atomic E-state index is 0.000752. The first-order chi connectivity index (χ1) is 11.8. The molecule has 1 fully saturated rings. The first-order valence-corrected chi connectivity index (χ1v) is 8.94. The van der Waals surface area contributed by atoms with Gasteiger partial charge >= 0.3 is 0 Å². The summed E-state index contributed by atoms with van der Waals surface area (Å²) in [7, 11) is 2.05. The Morgan fingerprint density at radius 1 is 1.32 bits per heavy atom. The van der Waals surface area contributed by atoms with Gasteiger partial charge in [-0.2, -0.15) is 0 Å². The van der Waals surface area contributed by atoms with Crippen LogP contribution in [0, 0.1) is 13.8 Å². The van der Waals surface area contributed by atoms with Crippen LogP contribution in [-0.4, -0.2) is 38.6 Å². The van der Waals surface area contributed by atoms with Crippen molar-refractivity contribution in [3.63, 3.8) is 0 Å². The van der Waals surface area contributed by atoms with Gasteiger partial charge in [0.2, 0.25) is 0 Å². The molecule has 5 nitrogen and oxygen atoms in total. The second-order valence-electron chi connectivity index (χ2n) is 7.16. The van der Waals surface area contributed by atoms with Crippen LogP contribution in [0.2, 0.25) is 0 Å². The second-order valence-corrected chi connectivity index (χ2v) is 7.16. The highest BCUT2D eigenvalue weighted by molar-refractivity contribution is 6.05. The first kappa shape index (κ1) is 17.7. The number of rotatable bonds is 5. The number of ketones is 2. The number of nitrogens with one attached hydrogen (secondary N) is 1. The molecule has 1 aliphatic rings. The fourth-order valence-corrected chi connectivity index (χ4v) is 4.27. The fourth-order valence-electron chi connectivity index (χ4n) is 4.27. The number of hydrogen-bond acceptors (Lipinski definition) is 3. The van der Waals surface area contributed by atoms with E-state index in [-0.39, 0.29) is 23.7 Å². The van der Waals surface area contributed by atoms with E-state index in [4.69, 9.17) is 0 Å². The quantitative estimate of drug-likeness (QED) is 0.846. The Kier molecular flexibility index (Phi) is 4.69. The third-order valence-electron chi connectivity index (χ3n) is 5.53. The Bertz CT molecular complexity index is 815. The summed E-state index contributed by atoms with van der Waals surface area (Å²) in [6, 6.07) is 4.23. The number of aromatic nitrogens is 2. The molecule has 2 atom stereocenters. The Hall–Kier alpha value is -2.14. The number of carbonyl (C=O) groups is 2. The molecule has 1 aliphatic heterocycles. The van der Waals surface area contributed by atoms with Crippen LogP contribution in [-0.2, 0) is 7.05 Å². The number of aryl methyl sites for hydroxylation is 2. The van der Waals surface area contributed by atoms with Crippen molar-refractivity contribution in [1.82, 2.24) is 14.5 Å². The Morgan fingerprint density at radius 3 is 2.60 bits per heavy atom. The number of carbonyl (C=O) groups excluding carboxylic acids is 2. The SMILES string of the molecule is CC(=O)c1c(C)[nH]c(C(=O)[C@H](C)N2CCC[C@H]2c2cccn2C)c1C. The summed E-state index contributed by atoms with van der Waals surface area (Å²) in [6.45, 7) is 8.16. The lowest BCUT2D eigenvalue weighted by molar-refractivity contribution is 0.0810. The molecule has 0 aromatic carbocycles. The van der Waals surface area contributed by atoms with Gasteiger partial charge in [0.1, 0.15) is 0 Å². The van der Waals surface area contributed by atoms with Gasteiger partial charge in [0, 0.05) is 30.2 Å². The zero-order chi connectivity index (χ0) is 18.3. The third-order valence-corrected chi connectivity index (χ3v) is 5.53. The van der Waals surface area contributed by atoms with Crippen LogP contribution >= 0.6 is 0 Å². The molecule has 1 saturated heterocycles. The first-order valence-electron chi connectivity index (χ1n) is 8.94. The highest BCUT2D eigenvalue weighted by Crippen LogP contribution is 2.34. The van der Waals surface area contributed by atoms with E-state index in [0.717, 1.165) is 30.6 Å². The molecule has 0 aliphatic carbocycles. The standard InChI is InChI=1S/C20H27N3O2/c1-12-18(15(4)24)13(2)21-19(12)20(25)14(3)23-11-7-9-17(23)16-8-6-10-22(16)5/h6,8,10,14,17,21H,7,9,11H2,1-5H3/t14-,17-/m0/s1. The number of hydrogen-bond donors (Lipinski definition) is 1. The molecular weight excluding hydrogens is 314 g/mol. The van der Waals surface area contributed by atoms with Gasteiger partial charge in [-0.15, -0.1) is 0 Å². The third kappa shape index (κ3) is 2.97. The number of Topliss-reactive ketones (excluding diaryl/α,β-unsaturated/α-hetero) is 2. The van der Waals surface area contributed by atoms with Crippen molar-refractivity contribution in [1.29, 1.82) is 0 Å². The second kappa shape index (κ2) is 6.64. The van der Waals surface area contributed by atoms with Crippen molar-refractivity contribution in [2.75, 3.05) is 6.54 Å². The molecule has 3 heterocycles. The highest BCUT2D eigenvalue weighted by atomic mass is 16.1. The van der Waals surface area contributed by atoms with Crippen molar-refractivity contribution in [2.45, 2.75) is 52.6 Å². The molecule has 3 rings (SSSR count). The molecule has 1 N–H and O–H groups in total. The molecule has 0 unspecified atom stereocenters. The highest BCUT2D eigenvalue weighted by Gasteiger charge is 2.35. The molecule has 2 aromatic heterocycles. The monoisotopic (exact) mass is 341 g/mol. The number of likely N-dealkylation sites (tertiary alicyclic amines) is 1. The van der Waals surface area contributed by atoms with Crippen molar-refractivity contribution in [2.24, 2.45) is 7.05 Å². The van der Waals surface area contributed by atoms with Crippen LogP contribution in [0.4, 0.5) is 0 Å². The van der Waals surface area contributed by atoms with Gasteiger partial charge in [0.15, 0.2) is 11.6 Å². The van der Waals surface area contributed by atoms with Gasteiger partial charge in [-0.05, 0) is 64.8 Å². The molecule has 0 amide bonds. The molecule has 5 heteroatoms. The molecule has 25 heavy (non-hydrogen) atoms. The minimum Gasteiger partial charge on any atom is -0.355 e. The number of aromatic amines is 1. The van der Waals surface area contributed by atoms with E-state index in [9.17, 15) is 9.59 Å². The lowest BCUT2D eigenvalue weighted by atomic mass is 10.0. The molecular formula is C20H27N3O2. The molecule has 134 valence electrons. The van der Waals surface area contributed by atoms with Gasteiger partial charge < -0.3 is 9.55 Å². The Balaban J connectivity index is 1.89. The summed E-state index contributed by atoms with van der Waals surface area (Å²) < 4.78 is 2.14. The molecule has 0 saturated carbocycles. The average molecular weight is 341 g/mol. The van der Waals surface area contributed by atoms with E-state index in [0.29, 0.717) is 11.3 Å². The van der Waals surface area contributed by atoms with Gasteiger partial charge in [0.25, 0.3) is 0 Å². The summed E-state index contributed by atoms with van der Waals surface area (Å²) in [4.78, 5) is 30.4. The van der Waals surface area contributed by atoms with Crippen molar-refractivity contribution >= 4 is 11.6 Å². The van der Waals surface area contributed by atoms with Crippen molar-refractivity contribution in [3.8, 4) is 0 Å². The molecule has 0 bridgehead atoms. The Labute approximate surface area is 149 Å². The normalized spacial score (nSPS) is 19.3. The maximum absolute atomic E-state index is 13.1. The predicted molar refractivity (Wildman–Crippen MR) is 98.2 cm³/mol. The van der Waals surface area contributed by atoms with Gasteiger partial charge in [-0.1, -0.05) is 0 Å². The predicted octanol–water partition coefficient (Wildman–Crippen LogP) is 3.58. The molecule has 2 aromatic rings. The summed E-state index contributed by atoms with van der Waals surface area (Å²) in [5.74, 6) is 0.0648. The minimum atomic E-state index is -0.223. The lowest BCUT2D eigenvalue weighted by Crippen LogP contribution is -2.39. The molecule has 0 spiro atoms. The summed E-state index contributed by atoms with van der Waals surface area (Å²) >= 11 is 0. The maximum atomic E-state index is 13.1. The van der Waals surface area contributed by atoms with E-state index in [2.05, 4.69) is 39.8 Å². The maximum Gasteiger partial charge on any atom is 0.196 e. The number of nitrogens with zero attached hydrogens (tertiary/aromatic N) is 2. The van der Waals surface area contributed by atoms with Crippen LogP contribution < -0.4 is 0 Å². The lowest BCUT2D eigenvalue weighted by Gasteiger charge is -2.30. The fraction of sp³-hybridized carbons (Fsp3) is 0.500. The smallest absolute Gasteiger partial charge is 0.196 e. The average Bonchev–Trinajstić information content (AvgIpc) is 3.24. The van der Waals surface area contributed by atoms with Crippen LogP contribution in [0.15, 0.2) is 18.3 Å². The zero-order valence-corrected chi connectivity index (χ0v) is 15.7. The summed E-state index contributed by atoms with van der Waals surface area (Å²) in [6.07, 6.45) is 4.21. The van der Waals surface area contributed by atoms with Gasteiger partial charge in [-0.3, -0.25) is 14.5 Å². The van der Waals surface area contributed by atoms with Crippen LogP contribution in [0.1, 0.15) is 70.5 Å². The van der Waals surface area contributed by atoms with E-state index in [1.165, 1.54) is 5.69 Å². The van der Waals surface area contributed by atoms with Crippen molar-refractivity contribution in [3.05, 3.63) is 46.5 Å². The van der Waals surface area contributed by atoms with Crippen LogP contribution in [0.5, 0.6) is 0 Å². The zero-order valence-electron chi connectivity index (χ0n) is 15.7. The largest absolute Gasteiger partial charge is 0.355 e. The van der Waals surface area contributed by atoms with Crippen LogP contribution in [0.3, 0.4) is 0 Å². The summed E-state index contributed by atoms with van der Waals surface area (Å²) in [5, 5.41) is 0. The Morgan fingerprint density at radius 2 is 2.04 bits per heavy atom. The summed E-state index contributed by atoms with van der Waals surface area (Å²) in [5.41, 5.74) is 4.03. The van der Waals surface area contributed by atoms with E-state index < -0.39 is 0 Å². The topological polar surface area (TPSA) is 58.1 Å². The van der Waals surface area contributed by atoms with Gasteiger partial charge in [-0.25, -0.2) is 0 Å². The molecule has 0 radical (unpaired) electrons. The van der Waals surface area contributed by atoms with E-state index in [1.807, 2.05) is 20.8 Å².